The molecule has 1 aromatic carbocycles. The van der Waals surface area contributed by atoms with Gasteiger partial charge in [-0.05, 0) is 48.1 Å². The molecule has 1 saturated carbocycles. The van der Waals surface area contributed by atoms with Crippen molar-refractivity contribution in [1.29, 1.82) is 0 Å². The minimum absolute atomic E-state index is 0.0505. The maximum Gasteiger partial charge on any atom is 0.237 e. The highest BCUT2D eigenvalue weighted by Crippen LogP contribution is 2.35. The molecule has 25 heavy (non-hydrogen) atoms. The van der Waals surface area contributed by atoms with Crippen molar-refractivity contribution in [2.24, 2.45) is 11.1 Å². The number of amides is 1. The number of hydrogen-bond donors (Lipinski definition) is 3. The van der Waals surface area contributed by atoms with Gasteiger partial charge in [0.2, 0.25) is 5.91 Å². The zero-order valence-corrected chi connectivity index (χ0v) is 15.8. The molecular weight excluding hydrogens is 338 g/mol. The maximum atomic E-state index is 11.9. The minimum atomic E-state index is -0.0505. The summed E-state index contributed by atoms with van der Waals surface area (Å²) in [6.07, 6.45) is 3.56. The SMILES string of the molecule is CC1(C)CC(=O)C1.NCc1ccc(Cl)cc1CNC(=O)C1CCCN1. The van der Waals surface area contributed by atoms with Crippen LogP contribution in [0.15, 0.2) is 18.2 Å². The van der Waals surface area contributed by atoms with Crippen molar-refractivity contribution in [2.75, 3.05) is 6.54 Å². The molecule has 1 heterocycles. The van der Waals surface area contributed by atoms with Crippen molar-refractivity contribution in [2.45, 2.75) is 58.7 Å². The van der Waals surface area contributed by atoms with Gasteiger partial charge < -0.3 is 16.4 Å². The van der Waals surface area contributed by atoms with E-state index in [9.17, 15) is 9.59 Å². The molecule has 138 valence electrons. The third-order valence-electron chi connectivity index (χ3n) is 4.57. The number of ketones is 1. The van der Waals surface area contributed by atoms with E-state index >= 15 is 0 Å². The molecule has 2 fully saturated rings. The molecule has 1 aliphatic carbocycles. The molecule has 5 nitrogen and oxygen atoms in total. The van der Waals surface area contributed by atoms with Crippen LogP contribution in [-0.2, 0) is 22.7 Å². The van der Waals surface area contributed by atoms with Crippen LogP contribution in [0.4, 0.5) is 0 Å². The highest BCUT2D eigenvalue weighted by Gasteiger charge is 2.33. The Hall–Kier alpha value is -1.43. The molecule has 6 heteroatoms. The third kappa shape index (κ3) is 6.10. The number of carbonyl (C=O) groups is 2. The molecule has 1 unspecified atom stereocenters. The quantitative estimate of drug-likeness (QED) is 0.765. The van der Waals surface area contributed by atoms with Crippen molar-refractivity contribution in [3.8, 4) is 0 Å². The summed E-state index contributed by atoms with van der Waals surface area (Å²) in [4.78, 5) is 22.2. The lowest BCUT2D eigenvalue weighted by atomic mass is 9.71. The number of carbonyl (C=O) groups excluding carboxylic acids is 2. The van der Waals surface area contributed by atoms with Gasteiger partial charge in [0.25, 0.3) is 0 Å². The van der Waals surface area contributed by atoms with Crippen molar-refractivity contribution in [3.05, 3.63) is 34.3 Å². The Morgan fingerprint density at radius 2 is 2.08 bits per heavy atom. The first kappa shape index (κ1) is 19.9. The van der Waals surface area contributed by atoms with Gasteiger partial charge in [0.1, 0.15) is 5.78 Å². The number of nitrogens with two attached hydrogens (primary N) is 1. The largest absolute Gasteiger partial charge is 0.351 e. The van der Waals surface area contributed by atoms with Gasteiger partial charge in [0.15, 0.2) is 0 Å². The Morgan fingerprint density at radius 3 is 2.56 bits per heavy atom. The van der Waals surface area contributed by atoms with Crippen LogP contribution in [-0.4, -0.2) is 24.3 Å². The van der Waals surface area contributed by atoms with Crippen LogP contribution >= 0.6 is 11.6 Å². The monoisotopic (exact) mass is 365 g/mol. The zero-order chi connectivity index (χ0) is 18.4. The van der Waals surface area contributed by atoms with E-state index in [-0.39, 0.29) is 11.9 Å². The number of rotatable bonds is 4. The van der Waals surface area contributed by atoms with E-state index in [0.717, 1.165) is 43.4 Å². The van der Waals surface area contributed by atoms with Crippen LogP contribution in [0, 0.1) is 5.41 Å². The number of hydrogen-bond acceptors (Lipinski definition) is 4. The van der Waals surface area contributed by atoms with Crippen molar-refractivity contribution in [1.82, 2.24) is 10.6 Å². The lowest BCUT2D eigenvalue weighted by Gasteiger charge is -2.31. The standard InChI is InChI=1S/C13H18ClN3O.C6H10O/c14-11-4-3-9(7-15)10(6-11)8-17-13(18)12-2-1-5-16-12;1-6(2)3-5(7)4-6/h3-4,6,12,16H,1-2,5,7-8,15H2,(H,17,18);3-4H2,1-2H3. The van der Waals surface area contributed by atoms with E-state index in [2.05, 4.69) is 24.5 Å². The topological polar surface area (TPSA) is 84.2 Å². The second-order valence-corrected chi connectivity index (χ2v) is 7.98. The molecule has 0 spiro atoms. The van der Waals surface area contributed by atoms with Crippen LogP contribution in [0.1, 0.15) is 50.7 Å². The fraction of sp³-hybridized carbons (Fsp3) is 0.579. The summed E-state index contributed by atoms with van der Waals surface area (Å²) in [5.41, 5.74) is 8.00. The van der Waals surface area contributed by atoms with Crippen LogP contribution in [0.3, 0.4) is 0 Å². The molecule has 0 bridgehead atoms. The summed E-state index contributed by atoms with van der Waals surface area (Å²) < 4.78 is 0. The number of halogens is 1. The van der Waals surface area contributed by atoms with Crippen molar-refractivity contribution in [3.63, 3.8) is 0 Å². The fourth-order valence-electron chi connectivity index (χ4n) is 3.19. The predicted octanol–water partition coefficient (Wildman–Crippen LogP) is 2.54. The summed E-state index contributed by atoms with van der Waals surface area (Å²) >= 11 is 5.95. The smallest absolute Gasteiger partial charge is 0.237 e. The molecule has 0 aromatic heterocycles. The third-order valence-corrected chi connectivity index (χ3v) is 4.80. The Bertz CT molecular complexity index is 615. The average molecular weight is 366 g/mol. The molecule has 1 aliphatic heterocycles. The number of nitrogens with one attached hydrogen (secondary N) is 2. The van der Waals surface area contributed by atoms with E-state index in [0.29, 0.717) is 29.3 Å². The van der Waals surface area contributed by atoms with Crippen molar-refractivity contribution >= 4 is 23.3 Å². The summed E-state index contributed by atoms with van der Waals surface area (Å²) in [5.74, 6) is 0.473. The van der Waals surface area contributed by atoms with E-state index in [1.54, 1.807) is 0 Å². The van der Waals surface area contributed by atoms with Crippen LogP contribution in [0.25, 0.3) is 0 Å². The normalized spacial score (nSPS) is 21.1. The Morgan fingerprint density at radius 1 is 1.36 bits per heavy atom. The highest BCUT2D eigenvalue weighted by atomic mass is 35.5. The minimum Gasteiger partial charge on any atom is -0.351 e. The molecule has 3 rings (SSSR count). The maximum absolute atomic E-state index is 11.9. The first-order valence-electron chi connectivity index (χ1n) is 8.81. The van der Waals surface area contributed by atoms with Gasteiger partial charge in [-0.15, -0.1) is 0 Å². The van der Waals surface area contributed by atoms with Crippen LogP contribution < -0.4 is 16.4 Å². The summed E-state index contributed by atoms with van der Waals surface area (Å²) in [5, 5.41) is 6.76. The van der Waals surface area contributed by atoms with Crippen LogP contribution in [0.2, 0.25) is 5.02 Å². The number of benzene rings is 1. The zero-order valence-electron chi connectivity index (χ0n) is 15.0. The number of Topliss-reactive ketones (excluding diaryl/α,β-unsaturated/α-hetero) is 1. The average Bonchev–Trinajstić information content (AvgIpc) is 3.06. The fourth-order valence-corrected chi connectivity index (χ4v) is 3.38. The molecule has 2 aliphatic rings. The van der Waals surface area contributed by atoms with E-state index < -0.39 is 0 Å². The Balaban J connectivity index is 0.000000269. The van der Waals surface area contributed by atoms with Gasteiger partial charge in [-0.2, -0.15) is 0 Å². The molecular formula is C19H28ClN3O2. The van der Waals surface area contributed by atoms with Crippen molar-refractivity contribution < 1.29 is 9.59 Å². The predicted molar refractivity (Wildman–Crippen MR) is 100 cm³/mol. The Labute approximate surface area is 154 Å². The molecule has 1 atom stereocenters. The second kappa shape index (κ2) is 8.79. The van der Waals surface area contributed by atoms with E-state index in [1.807, 2.05) is 18.2 Å². The van der Waals surface area contributed by atoms with Gasteiger partial charge in [0.05, 0.1) is 6.04 Å². The van der Waals surface area contributed by atoms with Crippen LogP contribution in [0.5, 0.6) is 0 Å². The van der Waals surface area contributed by atoms with Gasteiger partial charge in [-0.3, -0.25) is 9.59 Å². The molecule has 1 amide bonds. The lowest BCUT2D eigenvalue weighted by molar-refractivity contribution is -0.130. The summed E-state index contributed by atoms with van der Waals surface area (Å²) in [7, 11) is 0. The summed E-state index contributed by atoms with van der Waals surface area (Å²) in [6, 6.07) is 5.52. The first-order valence-corrected chi connectivity index (χ1v) is 9.19. The van der Waals surface area contributed by atoms with Gasteiger partial charge in [-0.25, -0.2) is 0 Å². The van der Waals surface area contributed by atoms with E-state index in [4.69, 9.17) is 17.3 Å². The second-order valence-electron chi connectivity index (χ2n) is 7.54. The Kier molecular flexibility index (Phi) is 6.99. The van der Waals surface area contributed by atoms with Gasteiger partial charge in [-0.1, -0.05) is 31.5 Å². The van der Waals surface area contributed by atoms with Gasteiger partial charge >= 0.3 is 0 Å². The molecule has 4 N–H and O–H groups in total. The summed E-state index contributed by atoms with van der Waals surface area (Å²) in [6.45, 7) is 6.08. The molecule has 1 aromatic rings. The highest BCUT2D eigenvalue weighted by molar-refractivity contribution is 6.30. The first-order chi connectivity index (χ1) is 11.8. The molecule has 1 saturated heterocycles. The molecule has 0 radical (unpaired) electrons. The van der Waals surface area contributed by atoms with Gasteiger partial charge in [0, 0.05) is 31.0 Å². The van der Waals surface area contributed by atoms with E-state index in [1.165, 1.54) is 0 Å². The lowest BCUT2D eigenvalue weighted by Crippen LogP contribution is -2.40.